The van der Waals surface area contributed by atoms with Crippen molar-refractivity contribution >= 4 is 11.6 Å². The van der Waals surface area contributed by atoms with Crippen LogP contribution >= 0.6 is 0 Å². The molecule has 0 saturated heterocycles. The molecular weight excluding hydrogens is 278 g/mol. The van der Waals surface area contributed by atoms with Gasteiger partial charge in [0.05, 0.1) is 0 Å². The zero-order valence-corrected chi connectivity index (χ0v) is 13.2. The number of nitrogens with zero attached hydrogens (tertiary/aromatic N) is 2. The van der Waals surface area contributed by atoms with E-state index in [1.54, 1.807) is 30.0 Å². The van der Waals surface area contributed by atoms with Crippen LogP contribution in [0.4, 0.5) is 5.69 Å². The van der Waals surface area contributed by atoms with E-state index in [0.29, 0.717) is 18.7 Å². The normalized spacial score (nSPS) is 10.5. The van der Waals surface area contributed by atoms with Crippen molar-refractivity contribution in [2.75, 3.05) is 5.32 Å². The summed E-state index contributed by atoms with van der Waals surface area (Å²) in [6.07, 6.45) is 4.52. The van der Waals surface area contributed by atoms with Gasteiger partial charge in [-0.3, -0.25) is 14.6 Å². The lowest BCUT2D eigenvalue weighted by molar-refractivity contribution is -0.115. The second kappa shape index (κ2) is 7.02. The molecule has 0 aliphatic rings. The third kappa shape index (κ3) is 3.08. The molecule has 0 bridgehead atoms. The fourth-order valence-electron chi connectivity index (χ4n) is 2.53. The third-order valence-corrected chi connectivity index (χ3v) is 3.64. The second-order valence-electron chi connectivity index (χ2n) is 4.96. The lowest BCUT2D eigenvalue weighted by Gasteiger charge is -2.17. The quantitative estimate of drug-likeness (QED) is 0.923. The summed E-state index contributed by atoms with van der Waals surface area (Å²) in [6.45, 7) is 6.28. The predicted molar refractivity (Wildman–Crippen MR) is 87.9 cm³/mol. The molecule has 0 saturated carbocycles. The summed E-state index contributed by atoms with van der Waals surface area (Å²) in [4.78, 5) is 28.2. The average molecular weight is 299 g/mol. The smallest absolute Gasteiger partial charge is 0.274 e. The van der Waals surface area contributed by atoms with Crippen molar-refractivity contribution in [1.82, 2.24) is 9.55 Å². The monoisotopic (exact) mass is 299 g/mol. The van der Waals surface area contributed by atoms with Crippen LogP contribution in [0.1, 0.15) is 32.9 Å². The molecule has 0 atom stereocenters. The number of hydrogen-bond acceptors (Lipinski definition) is 3. The Morgan fingerprint density at radius 1 is 1.23 bits per heavy atom. The first-order valence-electron chi connectivity index (χ1n) is 7.59. The lowest BCUT2D eigenvalue weighted by Crippen LogP contribution is -2.28. The van der Waals surface area contributed by atoms with Crippen molar-refractivity contribution in [1.29, 1.82) is 0 Å². The summed E-state index contributed by atoms with van der Waals surface area (Å²) in [5.74, 6) is -0.162. The Bertz CT molecular complexity index is 721. The summed E-state index contributed by atoms with van der Waals surface area (Å²) in [5.41, 5.74) is 3.09. The molecule has 0 unspecified atom stereocenters. The Labute approximate surface area is 130 Å². The van der Waals surface area contributed by atoms with Crippen LogP contribution in [-0.2, 0) is 17.8 Å². The highest BCUT2D eigenvalue weighted by atomic mass is 16.2. The van der Waals surface area contributed by atoms with Crippen LogP contribution in [0.15, 0.2) is 35.4 Å². The maximum Gasteiger partial charge on any atom is 0.274 e. The minimum Gasteiger partial charge on any atom is -0.321 e. The molecule has 0 aliphatic carbocycles. The number of rotatable bonds is 5. The average Bonchev–Trinajstić information content (AvgIpc) is 2.56. The van der Waals surface area contributed by atoms with E-state index in [1.807, 2.05) is 26.0 Å². The van der Waals surface area contributed by atoms with E-state index in [1.165, 1.54) is 0 Å². The Balaban J connectivity index is 2.68. The molecular formula is C17H21N3O2. The molecule has 5 heteroatoms. The highest BCUT2D eigenvalue weighted by Gasteiger charge is 2.15. The van der Waals surface area contributed by atoms with Gasteiger partial charge in [0.1, 0.15) is 5.69 Å². The second-order valence-corrected chi connectivity index (χ2v) is 4.96. The van der Waals surface area contributed by atoms with E-state index in [2.05, 4.69) is 10.3 Å². The molecule has 0 aromatic carbocycles. The number of nitrogens with one attached hydrogen (secondary N) is 1. The van der Waals surface area contributed by atoms with Crippen molar-refractivity contribution in [3.8, 4) is 11.1 Å². The topological polar surface area (TPSA) is 64.0 Å². The number of anilines is 1. The largest absolute Gasteiger partial charge is 0.321 e. The van der Waals surface area contributed by atoms with E-state index in [4.69, 9.17) is 0 Å². The van der Waals surface area contributed by atoms with Gasteiger partial charge in [0, 0.05) is 36.6 Å². The van der Waals surface area contributed by atoms with Crippen molar-refractivity contribution in [2.45, 2.75) is 40.2 Å². The Morgan fingerprint density at radius 3 is 2.45 bits per heavy atom. The van der Waals surface area contributed by atoms with E-state index in [9.17, 15) is 9.59 Å². The van der Waals surface area contributed by atoms with Gasteiger partial charge >= 0.3 is 0 Å². The zero-order chi connectivity index (χ0) is 16.1. The number of carbonyl (C=O) groups excluding carboxylic acids is 1. The van der Waals surface area contributed by atoms with Crippen LogP contribution < -0.4 is 10.9 Å². The summed E-state index contributed by atoms with van der Waals surface area (Å²) in [7, 11) is 0. The highest BCUT2D eigenvalue weighted by Crippen LogP contribution is 2.25. The summed E-state index contributed by atoms with van der Waals surface area (Å²) >= 11 is 0. The SMILES string of the molecule is CCC(=O)Nc1cc(-c2ccncc2)c(CC)n(CC)c1=O. The first-order valence-corrected chi connectivity index (χ1v) is 7.59. The van der Waals surface area contributed by atoms with Crippen LogP contribution in [0.5, 0.6) is 0 Å². The number of aromatic nitrogens is 2. The van der Waals surface area contributed by atoms with Crippen molar-refractivity contribution in [3.05, 3.63) is 46.6 Å². The molecule has 2 rings (SSSR count). The highest BCUT2D eigenvalue weighted by molar-refractivity contribution is 5.91. The number of amides is 1. The molecule has 116 valence electrons. The first-order chi connectivity index (χ1) is 10.6. The van der Waals surface area contributed by atoms with Gasteiger partial charge in [-0.1, -0.05) is 13.8 Å². The third-order valence-electron chi connectivity index (χ3n) is 3.64. The molecule has 2 heterocycles. The molecule has 0 radical (unpaired) electrons. The molecule has 2 aromatic heterocycles. The van der Waals surface area contributed by atoms with Gasteiger partial charge in [-0.15, -0.1) is 0 Å². The molecule has 5 nitrogen and oxygen atoms in total. The predicted octanol–water partition coefficient (Wildman–Crippen LogP) is 2.84. The van der Waals surface area contributed by atoms with Crippen molar-refractivity contribution in [3.63, 3.8) is 0 Å². The standard InChI is InChI=1S/C17H21N3O2/c1-4-15-13(12-7-9-18-10-8-12)11-14(19-16(21)5-2)17(22)20(15)6-3/h7-11H,4-6H2,1-3H3,(H,19,21). The molecule has 0 spiro atoms. The van der Waals surface area contributed by atoms with Gasteiger partial charge in [0.15, 0.2) is 0 Å². The molecule has 0 fully saturated rings. The van der Waals surface area contributed by atoms with Crippen LogP contribution in [0, 0.1) is 0 Å². The van der Waals surface area contributed by atoms with Crippen LogP contribution in [0.2, 0.25) is 0 Å². The Kier molecular flexibility index (Phi) is 5.09. The molecule has 1 N–H and O–H groups in total. The zero-order valence-electron chi connectivity index (χ0n) is 13.2. The van der Waals surface area contributed by atoms with E-state index in [-0.39, 0.29) is 11.5 Å². The van der Waals surface area contributed by atoms with Gasteiger partial charge in [0.25, 0.3) is 5.56 Å². The van der Waals surface area contributed by atoms with E-state index in [0.717, 1.165) is 23.2 Å². The number of hydrogen-bond donors (Lipinski definition) is 1. The summed E-state index contributed by atoms with van der Waals surface area (Å²) in [6, 6.07) is 5.59. The van der Waals surface area contributed by atoms with Gasteiger partial charge in [0.2, 0.25) is 5.91 Å². The molecule has 1 amide bonds. The van der Waals surface area contributed by atoms with Crippen LogP contribution in [0.25, 0.3) is 11.1 Å². The van der Waals surface area contributed by atoms with Gasteiger partial charge < -0.3 is 9.88 Å². The van der Waals surface area contributed by atoms with Crippen molar-refractivity contribution < 1.29 is 4.79 Å². The number of pyridine rings is 2. The Hall–Kier alpha value is -2.43. The molecule has 2 aromatic rings. The van der Waals surface area contributed by atoms with Crippen molar-refractivity contribution in [2.24, 2.45) is 0 Å². The maximum absolute atomic E-state index is 12.6. The van der Waals surface area contributed by atoms with Gasteiger partial charge in [-0.05, 0) is 37.1 Å². The lowest BCUT2D eigenvalue weighted by atomic mass is 10.0. The number of carbonyl (C=O) groups is 1. The summed E-state index contributed by atoms with van der Waals surface area (Å²) in [5, 5.41) is 2.71. The van der Waals surface area contributed by atoms with Gasteiger partial charge in [-0.25, -0.2) is 0 Å². The minimum absolute atomic E-state index is 0.154. The van der Waals surface area contributed by atoms with E-state index >= 15 is 0 Å². The first kappa shape index (κ1) is 15.9. The minimum atomic E-state index is -0.162. The van der Waals surface area contributed by atoms with Crippen LogP contribution in [-0.4, -0.2) is 15.5 Å². The maximum atomic E-state index is 12.6. The Morgan fingerprint density at radius 2 is 1.91 bits per heavy atom. The molecule has 0 aliphatic heterocycles. The molecule has 22 heavy (non-hydrogen) atoms. The fourth-order valence-corrected chi connectivity index (χ4v) is 2.53. The van der Waals surface area contributed by atoms with E-state index < -0.39 is 0 Å². The van der Waals surface area contributed by atoms with Crippen LogP contribution in [0.3, 0.4) is 0 Å². The van der Waals surface area contributed by atoms with Gasteiger partial charge in [-0.2, -0.15) is 0 Å². The summed E-state index contributed by atoms with van der Waals surface area (Å²) < 4.78 is 1.72. The fraction of sp³-hybridized carbons (Fsp3) is 0.353.